The fourth-order valence-corrected chi connectivity index (χ4v) is 1.88. The van der Waals surface area contributed by atoms with E-state index in [0.29, 0.717) is 6.61 Å². The summed E-state index contributed by atoms with van der Waals surface area (Å²) in [6.45, 7) is 3.65. The van der Waals surface area contributed by atoms with Gasteiger partial charge in [0, 0.05) is 6.92 Å². The minimum absolute atomic E-state index is 0.211. The highest BCUT2D eigenvalue weighted by Gasteiger charge is 2.10. The first-order chi connectivity index (χ1) is 8.17. The van der Waals surface area contributed by atoms with Gasteiger partial charge >= 0.3 is 5.97 Å². The van der Waals surface area contributed by atoms with Crippen LogP contribution in [-0.4, -0.2) is 19.7 Å². The van der Waals surface area contributed by atoms with E-state index in [1.54, 1.807) is 14.0 Å². The molecule has 1 aromatic rings. The fourth-order valence-electron chi connectivity index (χ4n) is 1.88. The summed E-state index contributed by atoms with van der Waals surface area (Å²) in [4.78, 5) is 9.82. The summed E-state index contributed by atoms with van der Waals surface area (Å²) in [7, 11) is 1.72. The molecule has 1 aliphatic rings. The molecule has 0 aliphatic heterocycles. The molecule has 3 nitrogen and oxygen atoms in total. The zero-order valence-electron chi connectivity index (χ0n) is 10.8. The highest BCUT2D eigenvalue weighted by molar-refractivity contribution is 5.65. The third-order valence-corrected chi connectivity index (χ3v) is 2.65. The van der Waals surface area contributed by atoms with Gasteiger partial charge in [-0.05, 0) is 49.4 Å². The quantitative estimate of drug-likeness (QED) is 0.741. The van der Waals surface area contributed by atoms with E-state index in [2.05, 4.69) is 16.9 Å². The summed E-state index contributed by atoms with van der Waals surface area (Å²) < 4.78 is 9.54. The minimum Gasteiger partial charge on any atom is -0.497 e. The normalized spacial score (nSPS) is 12.2. The number of rotatable bonds is 2. The lowest BCUT2D eigenvalue weighted by atomic mass is 10.1. The van der Waals surface area contributed by atoms with Gasteiger partial charge in [0.05, 0.1) is 13.7 Å². The third kappa shape index (κ3) is 4.47. The van der Waals surface area contributed by atoms with Crippen molar-refractivity contribution in [1.82, 2.24) is 0 Å². The van der Waals surface area contributed by atoms with E-state index >= 15 is 0 Å². The van der Waals surface area contributed by atoms with Crippen molar-refractivity contribution in [3.63, 3.8) is 0 Å². The van der Waals surface area contributed by atoms with E-state index in [9.17, 15) is 4.79 Å². The van der Waals surface area contributed by atoms with Crippen LogP contribution in [0, 0.1) is 0 Å². The Hall–Kier alpha value is -1.51. The van der Waals surface area contributed by atoms with Gasteiger partial charge in [-0.25, -0.2) is 0 Å². The smallest absolute Gasteiger partial charge is 0.302 e. The van der Waals surface area contributed by atoms with E-state index in [-0.39, 0.29) is 5.97 Å². The predicted molar refractivity (Wildman–Crippen MR) is 67.3 cm³/mol. The van der Waals surface area contributed by atoms with Gasteiger partial charge in [0.2, 0.25) is 0 Å². The molecule has 0 unspecified atom stereocenters. The van der Waals surface area contributed by atoms with Gasteiger partial charge in [-0.3, -0.25) is 4.79 Å². The second-order valence-corrected chi connectivity index (χ2v) is 3.91. The maximum absolute atomic E-state index is 9.82. The third-order valence-electron chi connectivity index (χ3n) is 2.65. The molecule has 17 heavy (non-hydrogen) atoms. The van der Waals surface area contributed by atoms with E-state index in [1.165, 1.54) is 37.3 Å². The standard InChI is InChI=1S/C10H12O.C4H8O2/c1-11-10-6-5-8-3-2-4-9(8)7-10;1-3-6-4(2)5/h5-7H,2-4H2,1H3;3H2,1-2H3. The van der Waals surface area contributed by atoms with Crippen LogP contribution in [0.25, 0.3) is 0 Å². The van der Waals surface area contributed by atoms with Crippen LogP contribution in [0.5, 0.6) is 5.75 Å². The van der Waals surface area contributed by atoms with E-state index in [0.717, 1.165) is 5.75 Å². The average molecular weight is 236 g/mol. The zero-order valence-corrected chi connectivity index (χ0v) is 10.8. The Labute approximate surface area is 103 Å². The molecule has 0 amide bonds. The van der Waals surface area contributed by atoms with Gasteiger partial charge in [0.1, 0.15) is 5.75 Å². The fraction of sp³-hybridized carbons (Fsp3) is 0.500. The summed E-state index contributed by atoms with van der Waals surface area (Å²) >= 11 is 0. The number of methoxy groups -OCH3 is 1. The maximum atomic E-state index is 9.82. The lowest BCUT2D eigenvalue weighted by molar-refractivity contribution is -0.140. The number of fused-ring (bicyclic) bond motifs is 1. The second kappa shape index (κ2) is 6.94. The van der Waals surface area contributed by atoms with Crippen molar-refractivity contribution >= 4 is 5.97 Å². The molecule has 0 spiro atoms. The molecule has 2 rings (SSSR count). The zero-order chi connectivity index (χ0) is 12.7. The van der Waals surface area contributed by atoms with Gasteiger partial charge in [0.25, 0.3) is 0 Å². The summed E-state index contributed by atoms with van der Waals surface area (Å²) in [5.74, 6) is 0.781. The number of aryl methyl sites for hydroxylation is 2. The monoisotopic (exact) mass is 236 g/mol. The van der Waals surface area contributed by atoms with Crippen LogP contribution in [0.3, 0.4) is 0 Å². The number of hydrogen-bond acceptors (Lipinski definition) is 3. The molecule has 94 valence electrons. The van der Waals surface area contributed by atoms with Crippen LogP contribution in [0.15, 0.2) is 18.2 Å². The van der Waals surface area contributed by atoms with Crippen LogP contribution in [0.2, 0.25) is 0 Å². The Balaban J connectivity index is 0.000000209. The Morgan fingerprint density at radius 1 is 1.29 bits per heavy atom. The molecule has 0 saturated carbocycles. The first kappa shape index (κ1) is 13.6. The predicted octanol–water partition coefficient (Wildman–Crippen LogP) is 2.75. The number of carbonyl (C=O) groups is 1. The van der Waals surface area contributed by atoms with Gasteiger partial charge in [-0.1, -0.05) is 6.07 Å². The molecule has 3 heteroatoms. The minimum atomic E-state index is -0.211. The molecular formula is C14H20O3. The van der Waals surface area contributed by atoms with Crippen molar-refractivity contribution in [1.29, 1.82) is 0 Å². The lowest BCUT2D eigenvalue weighted by Crippen LogP contribution is -1.95. The van der Waals surface area contributed by atoms with Gasteiger partial charge in [-0.15, -0.1) is 0 Å². The van der Waals surface area contributed by atoms with Gasteiger partial charge < -0.3 is 9.47 Å². The average Bonchev–Trinajstić information content (AvgIpc) is 2.76. The van der Waals surface area contributed by atoms with Crippen LogP contribution in [0.1, 0.15) is 31.4 Å². The molecule has 0 radical (unpaired) electrons. The van der Waals surface area contributed by atoms with Crippen LogP contribution in [0.4, 0.5) is 0 Å². The molecule has 0 heterocycles. The van der Waals surface area contributed by atoms with E-state index < -0.39 is 0 Å². The van der Waals surface area contributed by atoms with Crippen molar-refractivity contribution < 1.29 is 14.3 Å². The molecule has 0 N–H and O–H groups in total. The van der Waals surface area contributed by atoms with Crippen molar-refractivity contribution in [2.45, 2.75) is 33.1 Å². The highest BCUT2D eigenvalue weighted by Crippen LogP contribution is 2.25. The van der Waals surface area contributed by atoms with Gasteiger partial charge in [-0.2, -0.15) is 0 Å². The molecule has 0 atom stereocenters. The molecular weight excluding hydrogens is 216 g/mol. The van der Waals surface area contributed by atoms with Crippen LogP contribution >= 0.6 is 0 Å². The molecule has 0 bridgehead atoms. The maximum Gasteiger partial charge on any atom is 0.302 e. The summed E-state index contributed by atoms with van der Waals surface area (Å²) in [6.07, 6.45) is 3.79. The van der Waals surface area contributed by atoms with E-state index in [1.807, 2.05) is 6.07 Å². The van der Waals surface area contributed by atoms with Gasteiger partial charge in [0.15, 0.2) is 0 Å². The topological polar surface area (TPSA) is 35.5 Å². The molecule has 0 aromatic heterocycles. The summed E-state index contributed by atoms with van der Waals surface area (Å²) in [6, 6.07) is 6.38. The number of benzene rings is 1. The number of hydrogen-bond donors (Lipinski definition) is 0. The Kier molecular flexibility index (Phi) is 5.53. The number of ether oxygens (including phenoxy) is 2. The largest absolute Gasteiger partial charge is 0.497 e. The molecule has 0 fully saturated rings. The first-order valence-electron chi connectivity index (χ1n) is 5.96. The summed E-state index contributed by atoms with van der Waals surface area (Å²) in [5.41, 5.74) is 2.98. The van der Waals surface area contributed by atoms with Crippen molar-refractivity contribution in [3.8, 4) is 5.75 Å². The lowest BCUT2D eigenvalue weighted by Gasteiger charge is -2.02. The molecule has 1 aromatic carbocycles. The van der Waals surface area contributed by atoms with E-state index in [4.69, 9.17) is 4.74 Å². The number of esters is 1. The Bertz CT molecular complexity index is 372. The van der Waals surface area contributed by atoms with Crippen molar-refractivity contribution in [2.24, 2.45) is 0 Å². The van der Waals surface area contributed by atoms with Crippen molar-refractivity contribution in [3.05, 3.63) is 29.3 Å². The Morgan fingerprint density at radius 3 is 2.53 bits per heavy atom. The number of carbonyl (C=O) groups excluding carboxylic acids is 1. The molecule has 1 aliphatic carbocycles. The highest BCUT2D eigenvalue weighted by atomic mass is 16.5. The Morgan fingerprint density at radius 2 is 2.00 bits per heavy atom. The van der Waals surface area contributed by atoms with Crippen molar-refractivity contribution in [2.75, 3.05) is 13.7 Å². The van der Waals surface area contributed by atoms with Crippen LogP contribution < -0.4 is 4.74 Å². The second-order valence-electron chi connectivity index (χ2n) is 3.91. The van der Waals surface area contributed by atoms with Crippen LogP contribution in [-0.2, 0) is 22.4 Å². The first-order valence-corrected chi connectivity index (χ1v) is 5.96. The molecule has 0 saturated heterocycles. The SMILES string of the molecule is CCOC(C)=O.COc1ccc2c(c1)CCC2. The summed E-state index contributed by atoms with van der Waals surface area (Å²) in [5, 5.41) is 0.